The summed E-state index contributed by atoms with van der Waals surface area (Å²) in [7, 11) is 3.39. The number of nitrogen functional groups attached to an aromatic ring is 1. The molecule has 0 radical (unpaired) electrons. The fraction of sp³-hybridized carbons (Fsp3) is 0.222. The average Bonchev–Trinajstić information content (AvgIpc) is 2.67. The van der Waals surface area contributed by atoms with Crippen molar-refractivity contribution in [1.29, 1.82) is 0 Å². The zero-order valence-corrected chi connectivity index (χ0v) is 9.73. The van der Waals surface area contributed by atoms with Crippen LogP contribution in [0.3, 0.4) is 0 Å². The van der Waals surface area contributed by atoms with E-state index in [1.54, 1.807) is 24.9 Å². The van der Waals surface area contributed by atoms with Gasteiger partial charge < -0.3 is 10.5 Å². The van der Waals surface area contributed by atoms with Crippen molar-refractivity contribution in [2.24, 2.45) is 7.05 Å². The summed E-state index contributed by atoms with van der Waals surface area (Å²) in [5, 5.41) is 11.9. The third kappa shape index (κ3) is 2.08. The molecule has 0 fully saturated rings. The normalized spacial score (nSPS) is 10.4. The van der Waals surface area contributed by atoms with E-state index < -0.39 is 0 Å². The van der Waals surface area contributed by atoms with Crippen LogP contribution in [0.2, 0.25) is 0 Å². The van der Waals surface area contributed by atoms with Gasteiger partial charge in [-0.05, 0) is 34.3 Å². The predicted molar refractivity (Wildman–Crippen MR) is 60.3 cm³/mol. The van der Waals surface area contributed by atoms with E-state index in [1.807, 2.05) is 12.1 Å². The zero-order chi connectivity index (χ0) is 11.5. The Balaban J connectivity index is 2.25. The van der Waals surface area contributed by atoms with E-state index in [-0.39, 0.29) is 0 Å². The molecule has 2 aromatic rings. The summed E-state index contributed by atoms with van der Waals surface area (Å²) in [6, 6.07) is 5.50. The molecule has 0 spiro atoms. The second kappa shape index (κ2) is 4.40. The highest BCUT2D eigenvalue weighted by molar-refractivity contribution is 7.99. The van der Waals surface area contributed by atoms with Crippen molar-refractivity contribution < 1.29 is 4.74 Å². The van der Waals surface area contributed by atoms with Gasteiger partial charge in [-0.25, -0.2) is 4.68 Å². The summed E-state index contributed by atoms with van der Waals surface area (Å²) in [6.07, 6.45) is 0. The highest BCUT2D eigenvalue weighted by Crippen LogP contribution is 2.32. The van der Waals surface area contributed by atoms with Crippen molar-refractivity contribution in [2.45, 2.75) is 10.1 Å². The van der Waals surface area contributed by atoms with Crippen LogP contribution in [0.15, 0.2) is 28.3 Å². The van der Waals surface area contributed by atoms with Gasteiger partial charge in [0.15, 0.2) is 0 Å². The summed E-state index contributed by atoms with van der Waals surface area (Å²) in [4.78, 5) is 0.902. The number of hydrogen-bond donors (Lipinski definition) is 1. The van der Waals surface area contributed by atoms with Gasteiger partial charge in [0, 0.05) is 23.7 Å². The SMILES string of the molecule is COc1ccc(Sc2nnnn2C)c(N)c1. The van der Waals surface area contributed by atoms with E-state index in [2.05, 4.69) is 15.5 Å². The smallest absolute Gasteiger partial charge is 0.213 e. The maximum atomic E-state index is 5.88. The number of rotatable bonds is 3. The predicted octanol–water partition coefficient (Wildman–Crippen LogP) is 0.952. The van der Waals surface area contributed by atoms with Crippen molar-refractivity contribution in [1.82, 2.24) is 20.2 Å². The molecule has 0 saturated heterocycles. The van der Waals surface area contributed by atoms with E-state index in [9.17, 15) is 0 Å². The number of benzene rings is 1. The number of nitrogens with zero attached hydrogens (tertiary/aromatic N) is 4. The molecule has 1 aromatic heterocycles. The van der Waals surface area contributed by atoms with Crippen molar-refractivity contribution >= 4 is 17.4 Å². The maximum absolute atomic E-state index is 5.88. The van der Waals surface area contributed by atoms with Crippen LogP contribution >= 0.6 is 11.8 Å². The first-order chi connectivity index (χ1) is 7.70. The lowest BCUT2D eigenvalue weighted by molar-refractivity contribution is 0.415. The molecule has 0 saturated carbocycles. The van der Waals surface area contributed by atoms with Gasteiger partial charge in [0.05, 0.1) is 7.11 Å². The second-order valence-corrected chi connectivity index (χ2v) is 4.10. The Morgan fingerprint density at radius 1 is 1.44 bits per heavy atom. The molecule has 0 aliphatic heterocycles. The van der Waals surface area contributed by atoms with Gasteiger partial charge in [0.1, 0.15) is 5.75 Å². The van der Waals surface area contributed by atoms with Crippen LogP contribution in [0.25, 0.3) is 0 Å². The largest absolute Gasteiger partial charge is 0.497 e. The van der Waals surface area contributed by atoms with E-state index in [4.69, 9.17) is 10.5 Å². The molecule has 2 rings (SSSR count). The molecule has 1 heterocycles. The first kappa shape index (κ1) is 10.7. The summed E-state index contributed by atoms with van der Waals surface area (Å²) < 4.78 is 6.67. The lowest BCUT2D eigenvalue weighted by atomic mass is 10.3. The molecule has 0 aliphatic carbocycles. The summed E-state index contributed by atoms with van der Waals surface area (Å²) >= 11 is 1.41. The number of anilines is 1. The third-order valence-electron chi connectivity index (χ3n) is 2.00. The van der Waals surface area contributed by atoms with Crippen LogP contribution in [0.1, 0.15) is 0 Å². The van der Waals surface area contributed by atoms with Gasteiger partial charge in [-0.3, -0.25) is 0 Å². The van der Waals surface area contributed by atoms with E-state index in [1.165, 1.54) is 11.8 Å². The zero-order valence-electron chi connectivity index (χ0n) is 8.91. The molecule has 0 bridgehead atoms. The Morgan fingerprint density at radius 2 is 2.25 bits per heavy atom. The molecule has 0 unspecified atom stereocenters. The topological polar surface area (TPSA) is 78.9 Å². The number of hydrogen-bond acceptors (Lipinski definition) is 6. The number of nitrogens with two attached hydrogens (primary N) is 1. The maximum Gasteiger partial charge on any atom is 0.213 e. The minimum atomic E-state index is 0.646. The quantitative estimate of drug-likeness (QED) is 0.801. The lowest BCUT2D eigenvalue weighted by Gasteiger charge is -2.06. The van der Waals surface area contributed by atoms with Gasteiger partial charge in [0.25, 0.3) is 0 Å². The van der Waals surface area contributed by atoms with Crippen LogP contribution < -0.4 is 10.5 Å². The molecular weight excluding hydrogens is 226 g/mol. The van der Waals surface area contributed by atoms with Crippen LogP contribution in [0.4, 0.5) is 5.69 Å². The molecule has 0 aliphatic rings. The summed E-state index contributed by atoms with van der Waals surface area (Å²) in [5.74, 6) is 0.734. The third-order valence-corrected chi connectivity index (χ3v) is 3.12. The molecule has 7 heteroatoms. The molecule has 0 atom stereocenters. The number of tetrazole rings is 1. The first-order valence-corrected chi connectivity index (χ1v) is 5.36. The molecule has 1 aromatic carbocycles. The van der Waals surface area contributed by atoms with Gasteiger partial charge in [-0.2, -0.15) is 0 Å². The molecule has 2 N–H and O–H groups in total. The highest BCUT2D eigenvalue weighted by atomic mass is 32.2. The Morgan fingerprint density at radius 3 is 2.81 bits per heavy atom. The first-order valence-electron chi connectivity index (χ1n) is 4.54. The second-order valence-electron chi connectivity index (χ2n) is 3.09. The standard InChI is InChI=1S/C9H11N5OS/c1-14-9(11-12-13-14)16-8-4-3-6(15-2)5-7(8)10/h3-5H,10H2,1-2H3. The van der Waals surface area contributed by atoms with Crippen LogP contribution in [0.5, 0.6) is 5.75 Å². The summed E-state index contributed by atoms with van der Waals surface area (Å²) in [5.41, 5.74) is 6.53. The van der Waals surface area contributed by atoms with E-state index in [0.717, 1.165) is 10.6 Å². The van der Waals surface area contributed by atoms with Crippen molar-refractivity contribution in [2.75, 3.05) is 12.8 Å². The minimum absolute atomic E-state index is 0.646. The van der Waals surface area contributed by atoms with Crippen molar-refractivity contribution in [3.63, 3.8) is 0 Å². The number of ether oxygens (including phenoxy) is 1. The van der Waals surface area contributed by atoms with Crippen LogP contribution in [-0.4, -0.2) is 27.3 Å². The van der Waals surface area contributed by atoms with Gasteiger partial charge in [-0.1, -0.05) is 0 Å². The number of aromatic nitrogens is 4. The Hall–Kier alpha value is -1.76. The van der Waals surface area contributed by atoms with Crippen LogP contribution in [-0.2, 0) is 7.05 Å². The number of aryl methyl sites for hydroxylation is 1. The Bertz CT molecular complexity index is 498. The van der Waals surface area contributed by atoms with Crippen LogP contribution in [0, 0.1) is 0 Å². The fourth-order valence-electron chi connectivity index (χ4n) is 1.15. The molecule has 84 valence electrons. The van der Waals surface area contributed by atoms with Gasteiger partial charge >= 0.3 is 0 Å². The number of methoxy groups -OCH3 is 1. The lowest BCUT2D eigenvalue weighted by Crippen LogP contribution is -1.95. The molecular formula is C9H11N5OS. The van der Waals surface area contributed by atoms with Crippen molar-refractivity contribution in [3.8, 4) is 5.75 Å². The van der Waals surface area contributed by atoms with E-state index in [0.29, 0.717) is 10.8 Å². The average molecular weight is 237 g/mol. The van der Waals surface area contributed by atoms with Crippen molar-refractivity contribution in [3.05, 3.63) is 18.2 Å². The monoisotopic (exact) mass is 237 g/mol. The Kier molecular flexibility index (Phi) is 2.95. The summed E-state index contributed by atoms with van der Waals surface area (Å²) in [6.45, 7) is 0. The van der Waals surface area contributed by atoms with Gasteiger partial charge in [0.2, 0.25) is 5.16 Å². The van der Waals surface area contributed by atoms with Gasteiger partial charge in [-0.15, -0.1) is 5.10 Å². The molecule has 6 nitrogen and oxygen atoms in total. The highest BCUT2D eigenvalue weighted by Gasteiger charge is 2.08. The molecule has 0 amide bonds. The molecule has 16 heavy (non-hydrogen) atoms. The Labute approximate surface area is 96.8 Å². The fourth-order valence-corrected chi connectivity index (χ4v) is 1.91. The van der Waals surface area contributed by atoms with E-state index >= 15 is 0 Å². The minimum Gasteiger partial charge on any atom is -0.497 e.